The molecule has 0 unspecified atom stereocenters. The van der Waals surface area contributed by atoms with Gasteiger partial charge < -0.3 is 10.4 Å². The number of carboxylic acids is 1. The number of aliphatic carboxylic acids is 1. The zero-order chi connectivity index (χ0) is 14.9. The Hall–Kier alpha value is -1.84. The van der Waals surface area contributed by atoms with Crippen LogP contribution >= 0.6 is 0 Å². The van der Waals surface area contributed by atoms with E-state index >= 15 is 0 Å². The minimum Gasteiger partial charge on any atom is -0.481 e. The van der Waals surface area contributed by atoms with Crippen molar-refractivity contribution in [1.82, 2.24) is 5.32 Å². The number of hydrogen-bond donors (Lipinski definition) is 2. The monoisotopic (exact) mass is 275 g/mol. The maximum absolute atomic E-state index is 12.4. The number of amides is 1. The number of carbonyl (C=O) groups is 2. The molecule has 2 rings (SSSR count). The largest absolute Gasteiger partial charge is 0.481 e. The summed E-state index contributed by atoms with van der Waals surface area (Å²) in [6.07, 6.45) is 1.07. The molecular weight excluding hydrogens is 254 g/mol. The maximum Gasteiger partial charge on any atom is 0.306 e. The van der Waals surface area contributed by atoms with Crippen molar-refractivity contribution >= 4 is 11.9 Å². The van der Waals surface area contributed by atoms with Crippen LogP contribution in [-0.4, -0.2) is 23.0 Å². The number of rotatable bonds is 4. The number of nitrogens with one attached hydrogen (secondary N) is 1. The molecule has 1 fully saturated rings. The number of carboxylic acid groups (broad SMARTS) is 1. The van der Waals surface area contributed by atoms with Crippen LogP contribution in [0.25, 0.3) is 0 Å². The summed E-state index contributed by atoms with van der Waals surface area (Å²) in [6.45, 7) is 5.79. The predicted molar refractivity (Wildman–Crippen MR) is 76.5 cm³/mol. The first-order valence-corrected chi connectivity index (χ1v) is 6.91. The second-order valence-corrected chi connectivity index (χ2v) is 6.17. The number of benzene rings is 1. The van der Waals surface area contributed by atoms with Gasteiger partial charge in [0.05, 0.1) is 11.3 Å². The lowest BCUT2D eigenvalue weighted by Crippen LogP contribution is -2.51. The van der Waals surface area contributed by atoms with Gasteiger partial charge in [0.2, 0.25) is 5.91 Å². The van der Waals surface area contributed by atoms with E-state index < -0.39 is 11.4 Å². The average molecular weight is 275 g/mol. The second kappa shape index (κ2) is 5.27. The molecule has 0 saturated heterocycles. The van der Waals surface area contributed by atoms with E-state index in [-0.39, 0.29) is 17.9 Å². The van der Waals surface area contributed by atoms with Crippen molar-refractivity contribution in [2.24, 2.45) is 5.92 Å². The van der Waals surface area contributed by atoms with Crippen molar-refractivity contribution in [2.45, 2.75) is 45.1 Å². The minimum absolute atomic E-state index is 0.00618. The van der Waals surface area contributed by atoms with Crippen LogP contribution in [0.1, 0.15) is 37.8 Å². The van der Waals surface area contributed by atoms with Crippen molar-refractivity contribution in [2.75, 3.05) is 0 Å². The summed E-state index contributed by atoms with van der Waals surface area (Å²) in [4.78, 5) is 23.1. The standard InChI is InChI=1S/C16H21NO3/c1-10-4-6-12(7-5-10)16(2,3)15(20)17-13-8-11(9-13)14(18)19/h4-7,11,13H,8-9H2,1-3H3,(H,17,20)(H,18,19). The van der Waals surface area contributed by atoms with Gasteiger partial charge >= 0.3 is 5.97 Å². The summed E-state index contributed by atoms with van der Waals surface area (Å²) in [5.41, 5.74) is 1.52. The highest BCUT2D eigenvalue weighted by Gasteiger charge is 2.38. The van der Waals surface area contributed by atoms with Gasteiger partial charge in [-0.05, 0) is 39.2 Å². The molecule has 20 heavy (non-hydrogen) atoms. The van der Waals surface area contributed by atoms with Gasteiger partial charge in [0.15, 0.2) is 0 Å². The zero-order valence-electron chi connectivity index (χ0n) is 12.1. The lowest BCUT2D eigenvalue weighted by atomic mass is 9.78. The third-order valence-corrected chi connectivity index (χ3v) is 4.16. The second-order valence-electron chi connectivity index (χ2n) is 6.17. The fraction of sp³-hybridized carbons (Fsp3) is 0.500. The van der Waals surface area contributed by atoms with E-state index in [2.05, 4.69) is 5.32 Å². The van der Waals surface area contributed by atoms with Crippen molar-refractivity contribution < 1.29 is 14.7 Å². The average Bonchev–Trinajstić information content (AvgIpc) is 2.32. The molecule has 0 heterocycles. The summed E-state index contributed by atoms with van der Waals surface area (Å²) in [5, 5.41) is 11.8. The van der Waals surface area contributed by atoms with Gasteiger partial charge in [-0.3, -0.25) is 9.59 Å². The Morgan fingerprint density at radius 1 is 1.20 bits per heavy atom. The molecule has 1 aliphatic carbocycles. The summed E-state index contributed by atoms with van der Waals surface area (Å²) in [5.74, 6) is -1.12. The molecule has 2 N–H and O–H groups in total. The number of aryl methyl sites for hydroxylation is 1. The topological polar surface area (TPSA) is 66.4 Å². The highest BCUT2D eigenvalue weighted by molar-refractivity contribution is 5.87. The van der Waals surface area contributed by atoms with Crippen LogP contribution in [0.5, 0.6) is 0 Å². The Balaban J connectivity index is 1.98. The highest BCUT2D eigenvalue weighted by Crippen LogP contribution is 2.30. The van der Waals surface area contributed by atoms with Crippen LogP contribution in [0.3, 0.4) is 0 Å². The van der Waals surface area contributed by atoms with Crippen molar-refractivity contribution in [1.29, 1.82) is 0 Å². The fourth-order valence-electron chi connectivity index (χ4n) is 2.40. The molecule has 0 spiro atoms. The van der Waals surface area contributed by atoms with Crippen molar-refractivity contribution in [3.8, 4) is 0 Å². The third kappa shape index (κ3) is 2.84. The van der Waals surface area contributed by atoms with Crippen LogP contribution in [0.2, 0.25) is 0 Å². The molecule has 1 saturated carbocycles. The zero-order valence-corrected chi connectivity index (χ0v) is 12.1. The molecule has 1 aromatic carbocycles. The quantitative estimate of drug-likeness (QED) is 0.885. The van der Waals surface area contributed by atoms with E-state index in [1.807, 2.05) is 45.0 Å². The van der Waals surface area contributed by atoms with E-state index in [1.165, 1.54) is 0 Å². The maximum atomic E-state index is 12.4. The lowest BCUT2D eigenvalue weighted by molar-refractivity contribution is -0.146. The highest BCUT2D eigenvalue weighted by atomic mass is 16.4. The van der Waals surface area contributed by atoms with Crippen LogP contribution in [-0.2, 0) is 15.0 Å². The lowest BCUT2D eigenvalue weighted by Gasteiger charge is -2.35. The fourth-order valence-corrected chi connectivity index (χ4v) is 2.40. The number of carbonyl (C=O) groups excluding carboxylic acids is 1. The predicted octanol–water partition coefficient (Wildman–Crippen LogP) is 2.25. The van der Waals surface area contributed by atoms with Gasteiger partial charge in [-0.1, -0.05) is 29.8 Å². The van der Waals surface area contributed by atoms with Gasteiger partial charge in [-0.25, -0.2) is 0 Å². The van der Waals surface area contributed by atoms with Gasteiger partial charge in [0.1, 0.15) is 0 Å². The van der Waals surface area contributed by atoms with E-state index in [4.69, 9.17) is 5.11 Å². The van der Waals surface area contributed by atoms with Crippen LogP contribution in [0, 0.1) is 12.8 Å². The number of hydrogen-bond acceptors (Lipinski definition) is 2. The molecule has 1 aliphatic rings. The molecular formula is C16H21NO3. The Labute approximate surface area is 119 Å². The smallest absolute Gasteiger partial charge is 0.306 e. The molecule has 108 valence electrons. The first-order chi connectivity index (χ1) is 9.30. The summed E-state index contributed by atoms with van der Waals surface area (Å²) in [6, 6.07) is 7.92. The Kier molecular flexibility index (Phi) is 3.84. The first kappa shape index (κ1) is 14.6. The van der Waals surface area contributed by atoms with Crippen LogP contribution < -0.4 is 5.32 Å². The van der Waals surface area contributed by atoms with E-state index in [9.17, 15) is 9.59 Å². The molecule has 4 heteroatoms. The Morgan fingerprint density at radius 2 is 1.75 bits per heavy atom. The molecule has 0 bridgehead atoms. The van der Waals surface area contributed by atoms with Gasteiger partial charge in [0.25, 0.3) is 0 Å². The van der Waals surface area contributed by atoms with Gasteiger partial charge in [-0.15, -0.1) is 0 Å². The molecule has 0 radical (unpaired) electrons. The molecule has 0 atom stereocenters. The van der Waals surface area contributed by atoms with E-state index in [1.54, 1.807) is 0 Å². The molecule has 0 aromatic heterocycles. The Bertz CT molecular complexity index is 513. The molecule has 0 aliphatic heterocycles. The van der Waals surface area contributed by atoms with E-state index in [0.29, 0.717) is 12.8 Å². The summed E-state index contributed by atoms with van der Waals surface area (Å²) >= 11 is 0. The molecule has 1 aromatic rings. The van der Waals surface area contributed by atoms with Crippen molar-refractivity contribution in [3.63, 3.8) is 0 Å². The first-order valence-electron chi connectivity index (χ1n) is 6.91. The minimum atomic E-state index is -0.770. The van der Waals surface area contributed by atoms with E-state index in [0.717, 1.165) is 11.1 Å². The normalized spacial score (nSPS) is 21.9. The third-order valence-electron chi connectivity index (χ3n) is 4.16. The molecule has 4 nitrogen and oxygen atoms in total. The van der Waals surface area contributed by atoms with Gasteiger partial charge in [0, 0.05) is 6.04 Å². The SMILES string of the molecule is Cc1ccc(C(C)(C)C(=O)NC2CC(C(=O)O)C2)cc1. The molecule has 1 amide bonds. The van der Waals surface area contributed by atoms with Crippen molar-refractivity contribution in [3.05, 3.63) is 35.4 Å². The summed E-state index contributed by atoms with van der Waals surface area (Å²) < 4.78 is 0. The van der Waals surface area contributed by atoms with Crippen LogP contribution in [0.15, 0.2) is 24.3 Å². The van der Waals surface area contributed by atoms with Crippen LogP contribution in [0.4, 0.5) is 0 Å². The van der Waals surface area contributed by atoms with Gasteiger partial charge in [-0.2, -0.15) is 0 Å². The Morgan fingerprint density at radius 3 is 2.25 bits per heavy atom. The summed E-state index contributed by atoms with van der Waals surface area (Å²) in [7, 11) is 0.